The molecule has 2 aromatic carbocycles. The molecule has 4 heterocycles. The van der Waals surface area contributed by atoms with Crippen LogP contribution in [0.4, 0.5) is 5.69 Å². The number of nitrogens with one attached hydrogen (secondary N) is 3. The van der Waals surface area contributed by atoms with Crippen molar-refractivity contribution in [2.75, 3.05) is 26.0 Å². The lowest BCUT2D eigenvalue weighted by atomic mass is 10.0. The smallest absolute Gasteiger partial charge is 0.116 e. The predicted molar refractivity (Wildman–Crippen MR) is 151 cm³/mol. The molecule has 0 amide bonds. The van der Waals surface area contributed by atoms with Crippen LogP contribution in [0.2, 0.25) is 0 Å². The van der Waals surface area contributed by atoms with Crippen LogP contribution in [0.15, 0.2) is 97.7 Å². The summed E-state index contributed by atoms with van der Waals surface area (Å²) < 4.78 is 0. The Labute approximate surface area is 214 Å². The molecule has 7 heteroatoms. The number of benzene rings is 2. The molecule has 0 aliphatic heterocycles. The van der Waals surface area contributed by atoms with E-state index in [9.17, 15) is 0 Å². The van der Waals surface area contributed by atoms with E-state index < -0.39 is 0 Å². The van der Waals surface area contributed by atoms with Gasteiger partial charge < -0.3 is 15.2 Å². The number of anilines is 1. The third kappa shape index (κ3) is 4.48. The molecule has 0 radical (unpaired) electrons. The zero-order valence-electron chi connectivity index (χ0n) is 20.8. The van der Waals surface area contributed by atoms with Gasteiger partial charge in [-0.1, -0.05) is 30.8 Å². The topological polar surface area (TPSA) is 85.5 Å². The Balaban J connectivity index is 1.38. The van der Waals surface area contributed by atoms with Gasteiger partial charge in [0.15, 0.2) is 0 Å². The molecule has 0 spiro atoms. The van der Waals surface area contributed by atoms with E-state index in [1.54, 1.807) is 6.20 Å². The monoisotopic (exact) mass is 485 g/mol. The number of H-pyrrole nitrogens is 2. The molecule has 0 aliphatic rings. The van der Waals surface area contributed by atoms with Crippen molar-refractivity contribution in [1.29, 1.82) is 0 Å². The first kappa shape index (κ1) is 22.7. The van der Waals surface area contributed by atoms with Crippen LogP contribution in [0, 0.1) is 0 Å². The zero-order valence-corrected chi connectivity index (χ0v) is 20.8. The van der Waals surface area contributed by atoms with Crippen LogP contribution >= 0.6 is 0 Å². The second-order valence-electron chi connectivity index (χ2n) is 9.45. The fourth-order valence-electron chi connectivity index (χ4n) is 4.75. The predicted octanol–water partition coefficient (Wildman–Crippen LogP) is 6.32. The van der Waals surface area contributed by atoms with Gasteiger partial charge in [0, 0.05) is 58.2 Å². The molecule has 182 valence electrons. The van der Waals surface area contributed by atoms with E-state index in [-0.39, 0.29) is 0 Å². The molecule has 0 aliphatic carbocycles. The van der Waals surface area contributed by atoms with Gasteiger partial charge in [-0.3, -0.25) is 15.1 Å². The first-order chi connectivity index (χ1) is 18.0. The van der Waals surface area contributed by atoms with Crippen LogP contribution in [0.3, 0.4) is 0 Å². The molecule has 0 fully saturated rings. The van der Waals surface area contributed by atoms with E-state index in [4.69, 9.17) is 0 Å². The van der Waals surface area contributed by atoms with Gasteiger partial charge >= 0.3 is 0 Å². The second-order valence-corrected chi connectivity index (χ2v) is 9.45. The number of hydrogen-bond acceptors (Lipinski definition) is 5. The quantitative estimate of drug-likeness (QED) is 0.246. The van der Waals surface area contributed by atoms with Crippen molar-refractivity contribution in [2.24, 2.45) is 0 Å². The fraction of sp³-hybridized carbons (Fsp3) is 0.100. The maximum atomic E-state index is 4.67. The number of pyridine rings is 2. The lowest BCUT2D eigenvalue weighted by molar-refractivity contribution is 0.447. The highest BCUT2D eigenvalue weighted by Crippen LogP contribution is 2.35. The number of aromatic amines is 2. The van der Waals surface area contributed by atoms with Gasteiger partial charge in [-0.05, 0) is 61.6 Å². The number of rotatable bonds is 7. The Morgan fingerprint density at radius 1 is 0.865 bits per heavy atom. The Bertz CT molecular complexity index is 1730. The average Bonchev–Trinajstić information content (AvgIpc) is 3.52. The average molecular weight is 486 g/mol. The Morgan fingerprint density at radius 3 is 2.59 bits per heavy atom. The SMILES string of the molecule is C=C(CN(C)C)Nc1cncc(-c2ccc3[nH]nc(-c4cc5c(-c6cccnc6)cccc5[nH]4)c3c2)c1. The van der Waals surface area contributed by atoms with Crippen LogP contribution in [0.1, 0.15) is 0 Å². The summed E-state index contributed by atoms with van der Waals surface area (Å²) in [5, 5.41) is 13.4. The summed E-state index contributed by atoms with van der Waals surface area (Å²) in [7, 11) is 4.04. The van der Waals surface area contributed by atoms with Crippen molar-refractivity contribution >= 4 is 27.5 Å². The van der Waals surface area contributed by atoms with Gasteiger partial charge in [0.2, 0.25) is 0 Å². The van der Waals surface area contributed by atoms with E-state index in [1.165, 1.54) is 0 Å². The van der Waals surface area contributed by atoms with E-state index in [2.05, 4.69) is 96.5 Å². The van der Waals surface area contributed by atoms with Crippen molar-refractivity contribution in [1.82, 2.24) is 30.0 Å². The van der Waals surface area contributed by atoms with Crippen molar-refractivity contribution in [2.45, 2.75) is 0 Å². The van der Waals surface area contributed by atoms with Gasteiger partial charge in [-0.15, -0.1) is 0 Å². The highest BCUT2D eigenvalue weighted by atomic mass is 15.1. The van der Waals surface area contributed by atoms with Crippen molar-refractivity contribution in [3.63, 3.8) is 0 Å². The molecule has 0 atom stereocenters. The second kappa shape index (κ2) is 9.37. The molecule has 0 saturated carbocycles. The normalized spacial score (nSPS) is 11.4. The van der Waals surface area contributed by atoms with Crippen molar-refractivity contribution in [3.8, 4) is 33.6 Å². The highest BCUT2D eigenvalue weighted by molar-refractivity contribution is 6.01. The Morgan fingerprint density at radius 2 is 1.76 bits per heavy atom. The summed E-state index contributed by atoms with van der Waals surface area (Å²) in [6.07, 6.45) is 7.38. The highest BCUT2D eigenvalue weighted by Gasteiger charge is 2.14. The summed E-state index contributed by atoms with van der Waals surface area (Å²) in [5.41, 5.74) is 10.0. The van der Waals surface area contributed by atoms with Crippen LogP contribution in [0.5, 0.6) is 0 Å². The standard InChI is InChI=1S/C30H27N7/c1-19(18-37(2)3)33-23-12-22(16-32-17-23)20-9-10-28-26(13-20)30(36-35-28)29-14-25-24(7-4-8-27(25)34-29)21-6-5-11-31-15-21/h4-17,33-34H,1,18H2,2-3H3,(H,35,36). The van der Waals surface area contributed by atoms with Crippen LogP contribution in [0.25, 0.3) is 55.4 Å². The minimum Gasteiger partial charge on any atom is -0.357 e. The van der Waals surface area contributed by atoms with E-state index >= 15 is 0 Å². The molecule has 7 nitrogen and oxygen atoms in total. The van der Waals surface area contributed by atoms with E-state index in [0.717, 1.165) is 73.4 Å². The van der Waals surface area contributed by atoms with Gasteiger partial charge in [0.05, 0.1) is 23.1 Å². The molecule has 37 heavy (non-hydrogen) atoms. The molecular weight excluding hydrogens is 458 g/mol. The third-order valence-corrected chi connectivity index (χ3v) is 6.35. The van der Waals surface area contributed by atoms with Crippen molar-refractivity contribution in [3.05, 3.63) is 97.7 Å². The number of hydrogen-bond donors (Lipinski definition) is 3. The Hall–Kier alpha value is -4.75. The van der Waals surface area contributed by atoms with E-state index in [0.29, 0.717) is 0 Å². The lowest BCUT2D eigenvalue weighted by Crippen LogP contribution is -2.18. The largest absolute Gasteiger partial charge is 0.357 e. The molecule has 6 aromatic rings. The first-order valence-corrected chi connectivity index (χ1v) is 12.1. The Kier molecular flexibility index (Phi) is 5.75. The van der Waals surface area contributed by atoms with Crippen LogP contribution < -0.4 is 5.32 Å². The summed E-state index contributed by atoms with van der Waals surface area (Å²) in [4.78, 5) is 14.4. The summed E-state index contributed by atoms with van der Waals surface area (Å²) in [5.74, 6) is 0. The minimum absolute atomic E-state index is 0.752. The van der Waals surface area contributed by atoms with Gasteiger partial charge in [0.1, 0.15) is 5.69 Å². The summed E-state index contributed by atoms with van der Waals surface area (Å²) in [6, 6.07) is 20.9. The van der Waals surface area contributed by atoms with Crippen molar-refractivity contribution < 1.29 is 0 Å². The zero-order chi connectivity index (χ0) is 25.4. The molecule has 0 unspecified atom stereocenters. The van der Waals surface area contributed by atoms with Crippen LogP contribution in [-0.2, 0) is 0 Å². The molecular formula is C30H27N7. The minimum atomic E-state index is 0.752. The number of likely N-dealkylation sites (N-methyl/N-ethyl adjacent to an activating group) is 1. The number of nitrogens with zero attached hydrogens (tertiary/aromatic N) is 4. The van der Waals surface area contributed by atoms with Gasteiger partial charge in [-0.2, -0.15) is 5.10 Å². The molecule has 3 N–H and O–H groups in total. The number of aromatic nitrogens is 5. The number of fused-ring (bicyclic) bond motifs is 2. The summed E-state index contributed by atoms with van der Waals surface area (Å²) in [6.45, 7) is 4.87. The summed E-state index contributed by atoms with van der Waals surface area (Å²) >= 11 is 0. The van der Waals surface area contributed by atoms with Crippen LogP contribution in [-0.4, -0.2) is 50.7 Å². The molecule has 0 saturated heterocycles. The molecule has 6 rings (SSSR count). The first-order valence-electron chi connectivity index (χ1n) is 12.1. The lowest BCUT2D eigenvalue weighted by Gasteiger charge is -2.14. The fourth-order valence-corrected chi connectivity index (χ4v) is 4.75. The van der Waals surface area contributed by atoms with Gasteiger partial charge in [0.25, 0.3) is 0 Å². The third-order valence-electron chi connectivity index (χ3n) is 6.35. The molecule has 0 bridgehead atoms. The maximum absolute atomic E-state index is 4.67. The molecule has 4 aromatic heterocycles. The van der Waals surface area contributed by atoms with E-state index in [1.807, 2.05) is 38.8 Å². The van der Waals surface area contributed by atoms with Gasteiger partial charge in [-0.25, -0.2) is 0 Å². The maximum Gasteiger partial charge on any atom is 0.116 e.